The highest BCUT2D eigenvalue weighted by atomic mass is 16.5. The zero-order valence-corrected chi connectivity index (χ0v) is 11.2. The van der Waals surface area contributed by atoms with Crippen molar-refractivity contribution < 1.29 is 13.9 Å². The molecule has 1 N–H and O–H groups in total. The van der Waals surface area contributed by atoms with E-state index in [0.717, 1.165) is 11.3 Å². The number of pyridine rings is 1. The lowest BCUT2D eigenvalue weighted by molar-refractivity contribution is 0.0949. The lowest BCUT2D eigenvalue weighted by atomic mass is 10.2. The molecule has 19 heavy (non-hydrogen) atoms. The van der Waals surface area contributed by atoms with E-state index in [-0.39, 0.29) is 5.91 Å². The first-order valence-corrected chi connectivity index (χ1v) is 5.94. The summed E-state index contributed by atoms with van der Waals surface area (Å²) in [6.07, 6.45) is 1.67. The highest BCUT2D eigenvalue weighted by molar-refractivity contribution is 5.95. The average molecular weight is 260 g/mol. The number of nitrogens with one attached hydrogen (secondary N) is 1. The Hall–Kier alpha value is -2.30. The molecule has 100 valence electrons. The number of methoxy groups -OCH3 is 1. The number of furan rings is 1. The second-order valence-electron chi connectivity index (χ2n) is 4.22. The van der Waals surface area contributed by atoms with Crippen LogP contribution in [0.4, 0.5) is 0 Å². The van der Waals surface area contributed by atoms with E-state index in [1.807, 2.05) is 13.0 Å². The summed E-state index contributed by atoms with van der Waals surface area (Å²) in [5.41, 5.74) is 1.48. The lowest BCUT2D eigenvalue weighted by Gasteiger charge is -2.05. The molecule has 2 aromatic heterocycles. The van der Waals surface area contributed by atoms with Crippen molar-refractivity contribution in [3.05, 3.63) is 47.0 Å². The Morgan fingerprint density at radius 1 is 1.42 bits per heavy atom. The number of hydrogen-bond acceptors (Lipinski definition) is 4. The van der Waals surface area contributed by atoms with Crippen LogP contribution < -0.4 is 10.1 Å². The molecule has 0 unspecified atom stereocenters. The number of nitrogens with zero attached hydrogens (tertiary/aromatic N) is 1. The zero-order valence-electron chi connectivity index (χ0n) is 11.2. The number of amides is 1. The zero-order chi connectivity index (χ0) is 13.8. The number of rotatable bonds is 4. The van der Waals surface area contributed by atoms with Crippen molar-refractivity contribution in [3.63, 3.8) is 0 Å². The molecule has 0 fully saturated rings. The molecule has 5 heteroatoms. The molecule has 0 aliphatic heterocycles. The monoisotopic (exact) mass is 260 g/mol. The van der Waals surface area contributed by atoms with E-state index in [9.17, 15) is 4.79 Å². The van der Waals surface area contributed by atoms with Crippen molar-refractivity contribution in [2.75, 3.05) is 7.11 Å². The van der Waals surface area contributed by atoms with Crippen molar-refractivity contribution in [1.82, 2.24) is 10.3 Å². The minimum Gasteiger partial charge on any atom is -0.481 e. The van der Waals surface area contributed by atoms with Crippen LogP contribution in [0.15, 0.2) is 28.8 Å². The molecule has 5 nitrogen and oxygen atoms in total. The molecule has 2 rings (SSSR count). The van der Waals surface area contributed by atoms with Crippen LogP contribution in [0.5, 0.6) is 5.88 Å². The molecule has 0 saturated heterocycles. The van der Waals surface area contributed by atoms with Crippen LogP contribution in [-0.2, 0) is 6.54 Å². The molecule has 1 amide bonds. The number of aryl methyl sites for hydroxylation is 2. The van der Waals surface area contributed by atoms with E-state index in [0.29, 0.717) is 23.7 Å². The van der Waals surface area contributed by atoms with Gasteiger partial charge in [-0.15, -0.1) is 0 Å². The molecule has 0 bridgehead atoms. The minimum absolute atomic E-state index is 0.148. The van der Waals surface area contributed by atoms with Crippen molar-refractivity contribution in [2.24, 2.45) is 0 Å². The van der Waals surface area contributed by atoms with E-state index in [4.69, 9.17) is 9.15 Å². The SMILES string of the molecule is COc1ccc(CNC(=O)c2cc(C)oc2C)cn1. The molecule has 0 aliphatic carbocycles. The van der Waals surface area contributed by atoms with Crippen LogP contribution in [0, 0.1) is 13.8 Å². The first kappa shape index (κ1) is 13.1. The first-order chi connectivity index (χ1) is 9.10. The summed E-state index contributed by atoms with van der Waals surface area (Å²) in [6.45, 7) is 4.01. The van der Waals surface area contributed by atoms with Gasteiger partial charge in [-0.1, -0.05) is 6.07 Å². The summed E-state index contributed by atoms with van der Waals surface area (Å²) in [5, 5.41) is 2.83. The van der Waals surface area contributed by atoms with Crippen LogP contribution in [0.3, 0.4) is 0 Å². The van der Waals surface area contributed by atoms with Crippen LogP contribution in [0.2, 0.25) is 0 Å². The normalized spacial score (nSPS) is 10.3. The fourth-order valence-corrected chi connectivity index (χ4v) is 1.77. The third-order valence-corrected chi connectivity index (χ3v) is 2.75. The number of hydrogen-bond donors (Lipinski definition) is 1. The van der Waals surface area contributed by atoms with Gasteiger partial charge in [-0.3, -0.25) is 4.79 Å². The quantitative estimate of drug-likeness (QED) is 0.915. The van der Waals surface area contributed by atoms with Crippen molar-refractivity contribution in [1.29, 1.82) is 0 Å². The standard InChI is InChI=1S/C14H16N2O3/c1-9-6-12(10(2)19-9)14(17)16-8-11-4-5-13(18-3)15-7-11/h4-7H,8H2,1-3H3,(H,16,17). The lowest BCUT2D eigenvalue weighted by Crippen LogP contribution is -2.23. The van der Waals surface area contributed by atoms with E-state index in [1.165, 1.54) is 0 Å². The van der Waals surface area contributed by atoms with Gasteiger partial charge in [0.25, 0.3) is 5.91 Å². The molecule has 0 saturated carbocycles. The number of carbonyl (C=O) groups excluding carboxylic acids is 1. The molecular weight excluding hydrogens is 244 g/mol. The predicted octanol–water partition coefficient (Wildman–Crippen LogP) is 2.23. The van der Waals surface area contributed by atoms with Gasteiger partial charge in [-0.05, 0) is 25.5 Å². The molecule has 2 heterocycles. The van der Waals surface area contributed by atoms with Gasteiger partial charge in [0.1, 0.15) is 11.5 Å². The highest BCUT2D eigenvalue weighted by Crippen LogP contribution is 2.13. The van der Waals surface area contributed by atoms with E-state index >= 15 is 0 Å². The molecule has 0 radical (unpaired) electrons. The second-order valence-corrected chi connectivity index (χ2v) is 4.22. The number of aromatic nitrogens is 1. The predicted molar refractivity (Wildman–Crippen MR) is 70.1 cm³/mol. The maximum absolute atomic E-state index is 12.0. The average Bonchev–Trinajstić information content (AvgIpc) is 2.75. The highest BCUT2D eigenvalue weighted by Gasteiger charge is 2.12. The molecular formula is C14H16N2O3. The summed E-state index contributed by atoms with van der Waals surface area (Å²) in [6, 6.07) is 5.35. The summed E-state index contributed by atoms with van der Waals surface area (Å²) in [4.78, 5) is 16.0. The smallest absolute Gasteiger partial charge is 0.255 e. The van der Waals surface area contributed by atoms with Gasteiger partial charge in [0.15, 0.2) is 0 Å². The minimum atomic E-state index is -0.148. The largest absolute Gasteiger partial charge is 0.481 e. The first-order valence-electron chi connectivity index (χ1n) is 5.94. The topological polar surface area (TPSA) is 64.4 Å². The fraction of sp³-hybridized carbons (Fsp3) is 0.286. The van der Waals surface area contributed by atoms with Crippen molar-refractivity contribution in [3.8, 4) is 5.88 Å². The molecule has 0 aliphatic rings. The van der Waals surface area contributed by atoms with Gasteiger partial charge >= 0.3 is 0 Å². The van der Waals surface area contributed by atoms with Crippen LogP contribution in [-0.4, -0.2) is 18.0 Å². The Kier molecular flexibility index (Phi) is 3.85. The maximum Gasteiger partial charge on any atom is 0.255 e. The van der Waals surface area contributed by atoms with E-state index < -0.39 is 0 Å². The third-order valence-electron chi connectivity index (χ3n) is 2.75. The Bertz CT molecular complexity index is 573. The van der Waals surface area contributed by atoms with Gasteiger partial charge in [0.05, 0.1) is 12.7 Å². The third kappa shape index (κ3) is 3.13. The molecule has 0 atom stereocenters. The summed E-state index contributed by atoms with van der Waals surface area (Å²) in [7, 11) is 1.56. The Labute approximate surface area is 111 Å². The molecule has 2 aromatic rings. The Morgan fingerprint density at radius 2 is 2.21 bits per heavy atom. The van der Waals surface area contributed by atoms with Gasteiger partial charge in [-0.25, -0.2) is 4.98 Å². The number of ether oxygens (including phenoxy) is 1. The van der Waals surface area contributed by atoms with Gasteiger partial charge in [0.2, 0.25) is 5.88 Å². The maximum atomic E-state index is 12.0. The van der Waals surface area contributed by atoms with Gasteiger partial charge in [-0.2, -0.15) is 0 Å². The Morgan fingerprint density at radius 3 is 2.74 bits per heavy atom. The van der Waals surface area contributed by atoms with Crippen LogP contribution in [0.25, 0.3) is 0 Å². The fourth-order valence-electron chi connectivity index (χ4n) is 1.77. The van der Waals surface area contributed by atoms with Crippen LogP contribution >= 0.6 is 0 Å². The van der Waals surface area contributed by atoms with E-state index in [1.54, 1.807) is 32.4 Å². The van der Waals surface area contributed by atoms with Gasteiger partial charge < -0.3 is 14.5 Å². The van der Waals surface area contributed by atoms with Crippen molar-refractivity contribution >= 4 is 5.91 Å². The second kappa shape index (κ2) is 5.56. The summed E-state index contributed by atoms with van der Waals surface area (Å²) >= 11 is 0. The van der Waals surface area contributed by atoms with Crippen LogP contribution in [0.1, 0.15) is 27.4 Å². The number of carbonyl (C=O) groups is 1. The molecule has 0 aromatic carbocycles. The Balaban J connectivity index is 1.98. The van der Waals surface area contributed by atoms with Crippen molar-refractivity contribution in [2.45, 2.75) is 20.4 Å². The molecule has 0 spiro atoms. The van der Waals surface area contributed by atoms with E-state index in [2.05, 4.69) is 10.3 Å². The summed E-state index contributed by atoms with van der Waals surface area (Å²) in [5.74, 6) is 1.76. The van der Waals surface area contributed by atoms with Gasteiger partial charge in [0, 0.05) is 18.8 Å². The summed E-state index contributed by atoms with van der Waals surface area (Å²) < 4.78 is 10.3.